The molecule has 0 atom stereocenters. The Morgan fingerprint density at radius 2 is 1.74 bits per heavy atom. The molecule has 23 heavy (non-hydrogen) atoms. The van der Waals surface area contributed by atoms with Gasteiger partial charge in [0.1, 0.15) is 31.0 Å². The molecular formula is C17H18N4O2. The zero-order valence-electron chi connectivity index (χ0n) is 12.9. The van der Waals surface area contributed by atoms with E-state index in [9.17, 15) is 0 Å². The second-order valence-electron chi connectivity index (χ2n) is 4.95. The van der Waals surface area contributed by atoms with Gasteiger partial charge in [-0.05, 0) is 58.8 Å². The van der Waals surface area contributed by atoms with Gasteiger partial charge in [0.25, 0.3) is 0 Å². The van der Waals surface area contributed by atoms with E-state index in [1.54, 1.807) is 11.0 Å². The van der Waals surface area contributed by atoms with Crippen molar-refractivity contribution in [2.24, 2.45) is 0 Å². The van der Waals surface area contributed by atoms with Crippen LogP contribution in [0.25, 0.3) is 5.69 Å². The second-order valence-corrected chi connectivity index (χ2v) is 4.95. The summed E-state index contributed by atoms with van der Waals surface area (Å²) in [7, 11) is 0. The summed E-state index contributed by atoms with van der Waals surface area (Å²) in [4.78, 5) is 0. The molecule has 6 heteroatoms. The summed E-state index contributed by atoms with van der Waals surface area (Å²) in [5.74, 6) is 1.66. The molecule has 0 aliphatic carbocycles. The van der Waals surface area contributed by atoms with Crippen molar-refractivity contribution in [3.63, 3.8) is 0 Å². The lowest BCUT2D eigenvalue weighted by atomic mass is 10.2. The number of ether oxygens (including phenoxy) is 2. The number of aromatic nitrogens is 4. The monoisotopic (exact) mass is 310 g/mol. The van der Waals surface area contributed by atoms with Crippen molar-refractivity contribution < 1.29 is 9.47 Å². The Morgan fingerprint density at radius 3 is 2.43 bits per heavy atom. The third-order valence-electron chi connectivity index (χ3n) is 3.38. The highest BCUT2D eigenvalue weighted by Crippen LogP contribution is 2.15. The van der Waals surface area contributed by atoms with Crippen molar-refractivity contribution >= 4 is 0 Å². The van der Waals surface area contributed by atoms with Crippen LogP contribution < -0.4 is 9.47 Å². The minimum Gasteiger partial charge on any atom is -0.490 e. The third kappa shape index (κ3) is 4.06. The molecule has 3 aromatic rings. The van der Waals surface area contributed by atoms with Crippen molar-refractivity contribution in [2.75, 3.05) is 13.2 Å². The number of hydrogen-bond acceptors (Lipinski definition) is 5. The number of tetrazole rings is 1. The van der Waals surface area contributed by atoms with Gasteiger partial charge in [-0.2, -0.15) is 0 Å². The second kappa shape index (κ2) is 7.40. The summed E-state index contributed by atoms with van der Waals surface area (Å²) in [5, 5.41) is 11.0. The smallest absolute Gasteiger partial charge is 0.143 e. The Balaban J connectivity index is 1.47. The molecule has 0 unspecified atom stereocenters. The average Bonchev–Trinajstić information content (AvgIpc) is 3.14. The molecule has 6 nitrogen and oxygen atoms in total. The number of nitrogens with zero attached hydrogens (tertiary/aromatic N) is 4. The molecule has 118 valence electrons. The van der Waals surface area contributed by atoms with Gasteiger partial charge in [-0.15, -0.1) is 5.10 Å². The zero-order valence-corrected chi connectivity index (χ0v) is 12.9. The van der Waals surface area contributed by atoms with E-state index in [0.717, 1.165) is 23.6 Å². The molecule has 0 bridgehead atoms. The number of aryl methyl sites for hydroxylation is 1. The maximum atomic E-state index is 5.70. The van der Waals surface area contributed by atoms with E-state index in [2.05, 4.69) is 34.6 Å². The number of rotatable bonds is 7. The van der Waals surface area contributed by atoms with E-state index in [-0.39, 0.29) is 0 Å². The first-order valence-corrected chi connectivity index (χ1v) is 7.53. The lowest BCUT2D eigenvalue weighted by Crippen LogP contribution is -2.09. The molecular weight excluding hydrogens is 292 g/mol. The Morgan fingerprint density at radius 1 is 0.957 bits per heavy atom. The largest absolute Gasteiger partial charge is 0.490 e. The maximum absolute atomic E-state index is 5.70. The highest BCUT2D eigenvalue weighted by Gasteiger charge is 2.00. The zero-order chi connectivity index (χ0) is 15.9. The van der Waals surface area contributed by atoms with Gasteiger partial charge in [0.2, 0.25) is 0 Å². The van der Waals surface area contributed by atoms with Gasteiger partial charge >= 0.3 is 0 Å². The van der Waals surface area contributed by atoms with Crippen LogP contribution in [0.2, 0.25) is 0 Å². The van der Waals surface area contributed by atoms with Crippen molar-refractivity contribution in [3.05, 3.63) is 60.4 Å². The minimum absolute atomic E-state index is 0.487. The van der Waals surface area contributed by atoms with Gasteiger partial charge in [-0.3, -0.25) is 0 Å². The first-order chi connectivity index (χ1) is 11.3. The highest BCUT2D eigenvalue weighted by molar-refractivity contribution is 5.36. The molecule has 0 aliphatic heterocycles. The average molecular weight is 310 g/mol. The van der Waals surface area contributed by atoms with Crippen molar-refractivity contribution in [2.45, 2.75) is 13.3 Å². The summed E-state index contributed by atoms with van der Waals surface area (Å²) >= 11 is 0. The van der Waals surface area contributed by atoms with Crippen molar-refractivity contribution in [1.82, 2.24) is 20.2 Å². The van der Waals surface area contributed by atoms with Crippen LogP contribution in [-0.4, -0.2) is 33.4 Å². The molecule has 1 aromatic heterocycles. The first-order valence-electron chi connectivity index (χ1n) is 7.53. The van der Waals surface area contributed by atoms with E-state index in [0.29, 0.717) is 13.2 Å². The van der Waals surface area contributed by atoms with Crippen LogP contribution in [0.1, 0.15) is 12.5 Å². The van der Waals surface area contributed by atoms with Crippen LogP contribution in [0.15, 0.2) is 54.9 Å². The fraction of sp³-hybridized carbons (Fsp3) is 0.235. The lowest BCUT2D eigenvalue weighted by Gasteiger charge is -2.09. The quantitative estimate of drug-likeness (QED) is 0.628. The molecule has 2 aromatic carbocycles. The molecule has 0 spiro atoms. The van der Waals surface area contributed by atoms with Gasteiger partial charge in [0, 0.05) is 0 Å². The molecule has 0 N–H and O–H groups in total. The normalized spacial score (nSPS) is 10.5. The van der Waals surface area contributed by atoms with Gasteiger partial charge in [-0.25, -0.2) is 4.68 Å². The van der Waals surface area contributed by atoms with Crippen LogP contribution in [0.5, 0.6) is 11.5 Å². The van der Waals surface area contributed by atoms with Crippen LogP contribution in [0.3, 0.4) is 0 Å². The summed E-state index contributed by atoms with van der Waals surface area (Å²) in [6.45, 7) is 3.11. The molecule has 0 aliphatic rings. The number of benzene rings is 2. The minimum atomic E-state index is 0.487. The predicted octanol–water partition coefficient (Wildman–Crippen LogP) is 2.68. The maximum Gasteiger partial charge on any atom is 0.143 e. The Hall–Kier alpha value is -2.89. The van der Waals surface area contributed by atoms with Crippen LogP contribution in [0.4, 0.5) is 0 Å². The van der Waals surface area contributed by atoms with Crippen molar-refractivity contribution in [3.8, 4) is 17.2 Å². The van der Waals surface area contributed by atoms with E-state index in [1.807, 2.05) is 36.4 Å². The Bertz CT molecular complexity index is 727. The first kappa shape index (κ1) is 15.0. The lowest BCUT2D eigenvalue weighted by molar-refractivity contribution is 0.217. The fourth-order valence-electron chi connectivity index (χ4n) is 2.15. The summed E-state index contributed by atoms with van der Waals surface area (Å²) < 4.78 is 13.0. The molecule has 0 amide bonds. The van der Waals surface area contributed by atoms with Gasteiger partial charge in [0.15, 0.2) is 0 Å². The SMILES string of the molecule is CCc1cccc(OCCOc2ccc(-n3cnnn3)cc2)c1. The summed E-state index contributed by atoms with van der Waals surface area (Å²) in [6.07, 6.45) is 2.55. The van der Waals surface area contributed by atoms with Gasteiger partial charge in [-0.1, -0.05) is 19.1 Å². The molecule has 1 heterocycles. The fourth-order valence-corrected chi connectivity index (χ4v) is 2.15. The van der Waals surface area contributed by atoms with E-state index in [1.165, 1.54) is 5.56 Å². The van der Waals surface area contributed by atoms with E-state index in [4.69, 9.17) is 9.47 Å². The Kier molecular flexibility index (Phi) is 4.83. The highest BCUT2D eigenvalue weighted by atomic mass is 16.5. The van der Waals surface area contributed by atoms with Crippen molar-refractivity contribution in [1.29, 1.82) is 0 Å². The topological polar surface area (TPSA) is 62.1 Å². The van der Waals surface area contributed by atoms with Gasteiger partial charge in [0.05, 0.1) is 5.69 Å². The van der Waals surface area contributed by atoms with Gasteiger partial charge < -0.3 is 9.47 Å². The molecule has 0 saturated heterocycles. The molecule has 0 radical (unpaired) electrons. The van der Waals surface area contributed by atoms with E-state index < -0.39 is 0 Å². The van der Waals surface area contributed by atoms with Crippen LogP contribution >= 0.6 is 0 Å². The Labute approximate surface area is 134 Å². The molecule has 0 fully saturated rings. The van der Waals surface area contributed by atoms with Crippen LogP contribution in [-0.2, 0) is 6.42 Å². The van der Waals surface area contributed by atoms with Crippen LogP contribution in [0, 0.1) is 0 Å². The summed E-state index contributed by atoms with van der Waals surface area (Å²) in [5.41, 5.74) is 2.15. The molecule has 3 rings (SSSR count). The predicted molar refractivity (Wildman–Crippen MR) is 86.0 cm³/mol. The summed E-state index contributed by atoms with van der Waals surface area (Å²) in [6, 6.07) is 15.7. The number of hydrogen-bond donors (Lipinski definition) is 0. The standard InChI is InChI=1S/C17H18N4O2/c1-2-14-4-3-5-17(12-14)23-11-10-22-16-8-6-15(7-9-16)21-13-18-19-20-21/h3-9,12-13H,2,10-11H2,1H3. The molecule has 0 saturated carbocycles. The van der Waals surface area contributed by atoms with E-state index >= 15 is 0 Å². The third-order valence-corrected chi connectivity index (χ3v) is 3.38.